The monoisotopic (exact) mass is 418 g/mol. The number of sulfonamides is 1. The van der Waals surface area contributed by atoms with Crippen LogP contribution in [0.25, 0.3) is 0 Å². The number of amides is 1. The molecular weight excluding hydrogens is 397 g/mol. The van der Waals surface area contributed by atoms with E-state index in [4.69, 9.17) is 0 Å². The van der Waals surface area contributed by atoms with E-state index >= 15 is 0 Å². The number of nitrogens with zero attached hydrogens (tertiary/aromatic N) is 4. The van der Waals surface area contributed by atoms with Crippen LogP contribution in [0.2, 0.25) is 0 Å². The van der Waals surface area contributed by atoms with Gasteiger partial charge in [-0.25, -0.2) is 13.4 Å². The number of carbonyl (C=O) groups is 1. The van der Waals surface area contributed by atoms with Gasteiger partial charge in [0.1, 0.15) is 5.82 Å². The van der Waals surface area contributed by atoms with Gasteiger partial charge in [0.05, 0.1) is 16.7 Å². The quantitative estimate of drug-likeness (QED) is 0.734. The summed E-state index contributed by atoms with van der Waals surface area (Å²) >= 11 is 0. The standard InChI is InChI=1S/C17H21F3N4O3S/c18-17(19,20)13-1-4-15(21-9-13)22-5-7-23(8-6-22)16(25)12-10-24(11-12)28(26,27)14-2-3-14/h1,4,9,12,14H,2-3,5-8,10-11H2. The molecule has 0 radical (unpaired) electrons. The summed E-state index contributed by atoms with van der Waals surface area (Å²) in [6.07, 6.45) is -2.19. The van der Waals surface area contributed by atoms with Gasteiger partial charge < -0.3 is 9.80 Å². The molecule has 0 unspecified atom stereocenters. The maximum absolute atomic E-state index is 12.6. The minimum absolute atomic E-state index is 0.0534. The fraction of sp³-hybridized carbons (Fsp3) is 0.647. The fourth-order valence-corrected chi connectivity index (χ4v) is 5.46. The Morgan fingerprint density at radius 1 is 1.07 bits per heavy atom. The highest BCUT2D eigenvalue weighted by atomic mass is 32.2. The van der Waals surface area contributed by atoms with Gasteiger partial charge in [-0.2, -0.15) is 17.5 Å². The highest BCUT2D eigenvalue weighted by molar-refractivity contribution is 7.90. The number of anilines is 1. The number of carbonyl (C=O) groups excluding carboxylic acids is 1. The molecule has 2 aliphatic heterocycles. The van der Waals surface area contributed by atoms with Crippen LogP contribution in [0, 0.1) is 5.92 Å². The van der Waals surface area contributed by atoms with Crippen molar-refractivity contribution in [2.24, 2.45) is 5.92 Å². The molecule has 0 spiro atoms. The fourth-order valence-electron chi connectivity index (χ4n) is 3.53. The normalized spacial score (nSPS) is 22.2. The summed E-state index contributed by atoms with van der Waals surface area (Å²) in [4.78, 5) is 20.0. The second-order valence-electron chi connectivity index (χ2n) is 7.47. The maximum Gasteiger partial charge on any atom is 0.417 e. The molecule has 1 aromatic heterocycles. The van der Waals surface area contributed by atoms with E-state index in [1.165, 1.54) is 10.4 Å². The van der Waals surface area contributed by atoms with Gasteiger partial charge in [-0.1, -0.05) is 0 Å². The highest BCUT2D eigenvalue weighted by Crippen LogP contribution is 2.35. The van der Waals surface area contributed by atoms with Gasteiger partial charge in [-0.3, -0.25) is 4.79 Å². The number of hydrogen-bond donors (Lipinski definition) is 0. The number of piperazine rings is 1. The molecule has 3 aliphatic rings. The van der Waals surface area contributed by atoms with E-state index in [2.05, 4.69) is 4.98 Å². The molecule has 0 N–H and O–H groups in total. The number of hydrogen-bond acceptors (Lipinski definition) is 5. The van der Waals surface area contributed by atoms with Crippen LogP contribution >= 0.6 is 0 Å². The molecule has 28 heavy (non-hydrogen) atoms. The van der Waals surface area contributed by atoms with Crippen LogP contribution in [0.1, 0.15) is 18.4 Å². The second kappa shape index (κ2) is 6.87. The Kier molecular flexibility index (Phi) is 4.77. The number of rotatable bonds is 4. The molecule has 154 valence electrons. The lowest BCUT2D eigenvalue weighted by molar-refractivity contribution is -0.139. The largest absolute Gasteiger partial charge is 0.417 e. The Balaban J connectivity index is 1.28. The first-order chi connectivity index (χ1) is 13.2. The predicted octanol–water partition coefficient (Wildman–Crippen LogP) is 1.17. The lowest BCUT2D eigenvalue weighted by atomic mass is 10.0. The van der Waals surface area contributed by atoms with Crippen LogP contribution in [0.5, 0.6) is 0 Å². The summed E-state index contributed by atoms with van der Waals surface area (Å²) in [7, 11) is -3.22. The van der Waals surface area contributed by atoms with Crippen molar-refractivity contribution in [3.05, 3.63) is 23.9 Å². The predicted molar refractivity (Wildman–Crippen MR) is 95.0 cm³/mol. The minimum atomic E-state index is -4.42. The van der Waals surface area contributed by atoms with Gasteiger partial charge in [0, 0.05) is 45.5 Å². The SMILES string of the molecule is O=C(C1CN(S(=O)(=O)C2CC2)C1)N1CCN(c2ccc(C(F)(F)F)cn2)CC1. The van der Waals surface area contributed by atoms with E-state index in [1.807, 2.05) is 4.90 Å². The smallest absolute Gasteiger partial charge is 0.353 e. The van der Waals surface area contributed by atoms with Crippen LogP contribution < -0.4 is 4.90 Å². The summed E-state index contributed by atoms with van der Waals surface area (Å²) in [6, 6.07) is 2.34. The summed E-state index contributed by atoms with van der Waals surface area (Å²) in [5, 5.41) is -0.261. The zero-order valence-corrected chi connectivity index (χ0v) is 15.9. The minimum Gasteiger partial charge on any atom is -0.353 e. The van der Waals surface area contributed by atoms with Crippen molar-refractivity contribution < 1.29 is 26.4 Å². The van der Waals surface area contributed by atoms with Gasteiger partial charge in [0.2, 0.25) is 15.9 Å². The molecule has 0 aromatic carbocycles. The van der Waals surface area contributed by atoms with Gasteiger partial charge in [-0.15, -0.1) is 0 Å². The Labute approximate surface area is 161 Å². The van der Waals surface area contributed by atoms with Gasteiger partial charge >= 0.3 is 6.18 Å². The molecule has 11 heteroatoms. The molecule has 3 fully saturated rings. The van der Waals surface area contributed by atoms with E-state index in [-0.39, 0.29) is 30.2 Å². The Morgan fingerprint density at radius 2 is 1.71 bits per heavy atom. The molecule has 3 heterocycles. The van der Waals surface area contributed by atoms with E-state index in [0.717, 1.165) is 12.3 Å². The zero-order chi connectivity index (χ0) is 20.1. The van der Waals surface area contributed by atoms with Crippen LogP contribution in [0.3, 0.4) is 0 Å². The molecule has 1 aromatic rings. The molecular formula is C17H21F3N4O3S. The van der Waals surface area contributed by atoms with Crippen molar-refractivity contribution in [1.29, 1.82) is 0 Å². The van der Waals surface area contributed by atoms with Gasteiger partial charge in [0.15, 0.2) is 0 Å². The summed E-state index contributed by atoms with van der Waals surface area (Å²) in [5.74, 6) is 0.0944. The molecule has 1 amide bonds. The third kappa shape index (κ3) is 3.69. The first kappa shape index (κ1) is 19.4. The van der Waals surface area contributed by atoms with Crippen LogP contribution in [0.15, 0.2) is 18.3 Å². The average molecular weight is 418 g/mol. The summed E-state index contributed by atoms with van der Waals surface area (Å²) in [5.41, 5.74) is -0.791. The number of pyridine rings is 1. The van der Waals surface area contributed by atoms with E-state index in [9.17, 15) is 26.4 Å². The van der Waals surface area contributed by atoms with E-state index in [0.29, 0.717) is 44.8 Å². The molecule has 1 aliphatic carbocycles. The summed E-state index contributed by atoms with van der Waals surface area (Å²) < 4.78 is 63.5. The zero-order valence-electron chi connectivity index (χ0n) is 15.1. The van der Waals surface area contributed by atoms with Gasteiger partial charge in [-0.05, 0) is 25.0 Å². The summed E-state index contributed by atoms with van der Waals surface area (Å²) in [6.45, 7) is 2.32. The molecule has 0 atom stereocenters. The van der Waals surface area contributed by atoms with Crippen LogP contribution in [-0.4, -0.2) is 73.0 Å². The third-order valence-corrected chi connectivity index (χ3v) is 7.83. The Hall–Kier alpha value is -1.88. The maximum atomic E-state index is 12.6. The number of halogens is 3. The first-order valence-corrected chi connectivity index (χ1v) is 10.7. The molecule has 0 bridgehead atoms. The van der Waals surface area contributed by atoms with Crippen molar-refractivity contribution >= 4 is 21.7 Å². The van der Waals surface area contributed by atoms with Gasteiger partial charge in [0.25, 0.3) is 0 Å². The molecule has 1 saturated carbocycles. The van der Waals surface area contributed by atoms with Crippen molar-refractivity contribution in [1.82, 2.24) is 14.2 Å². The molecule has 7 nitrogen and oxygen atoms in total. The van der Waals surface area contributed by atoms with Crippen LogP contribution in [-0.2, 0) is 21.0 Å². The molecule has 2 saturated heterocycles. The van der Waals surface area contributed by atoms with Crippen molar-refractivity contribution in [2.75, 3.05) is 44.2 Å². The van der Waals surface area contributed by atoms with Crippen LogP contribution in [0.4, 0.5) is 19.0 Å². The first-order valence-electron chi connectivity index (χ1n) is 9.22. The lowest BCUT2D eigenvalue weighted by Crippen LogP contribution is -2.59. The number of aromatic nitrogens is 1. The molecule has 4 rings (SSSR count). The second-order valence-corrected chi connectivity index (χ2v) is 9.69. The van der Waals surface area contributed by atoms with Crippen molar-refractivity contribution in [3.8, 4) is 0 Å². The van der Waals surface area contributed by atoms with E-state index < -0.39 is 21.8 Å². The average Bonchev–Trinajstić information content (AvgIpc) is 3.45. The topological polar surface area (TPSA) is 73.8 Å². The Morgan fingerprint density at radius 3 is 2.21 bits per heavy atom. The van der Waals surface area contributed by atoms with Crippen molar-refractivity contribution in [2.45, 2.75) is 24.3 Å². The third-order valence-electron chi connectivity index (χ3n) is 5.49. The van der Waals surface area contributed by atoms with Crippen molar-refractivity contribution in [3.63, 3.8) is 0 Å². The Bertz CT molecular complexity index is 841. The highest BCUT2D eigenvalue weighted by Gasteiger charge is 2.47. The van der Waals surface area contributed by atoms with E-state index in [1.54, 1.807) is 4.90 Å². The number of alkyl halides is 3. The lowest BCUT2D eigenvalue weighted by Gasteiger charge is -2.42.